The minimum atomic E-state index is 0.704. The standard InChI is InChI=1S/C10H9ClN2S/c11-10-6-12-3-1-8(10)5-13-9-2-4-14-7-9/h1-4,6-7,13H,5H2. The first-order valence-corrected chi connectivity index (χ1v) is 5.53. The van der Waals surface area contributed by atoms with Crippen molar-refractivity contribution in [1.82, 2.24) is 4.98 Å². The van der Waals surface area contributed by atoms with E-state index in [1.165, 1.54) is 0 Å². The maximum absolute atomic E-state index is 5.96. The lowest BCUT2D eigenvalue weighted by Crippen LogP contribution is -1.98. The zero-order valence-corrected chi connectivity index (χ0v) is 8.98. The molecule has 0 fully saturated rings. The van der Waals surface area contributed by atoms with Gasteiger partial charge in [-0.2, -0.15) is 11.3 Å². The lowest BCUT2D eigenvalue weighted by molar-refractivity contribution is 1.13. The fraction of sp³-hybridized carbons (Fsp3) is 0.100. The number of nitrogens with one attached hydrogen (secondary N) is 1. The van der Waals surface area contributed by atoms with E-state index >= 15 is 0 Å². The van der Waals surface area contributed by atoms with Crippen molar-refractivity contribution in [3.63, 3.8) is 0 Å². The maximum Gasteiger partial charge on any atom is 0.0639 e. The van der Waals surface area contributed by atoms with Gasteiger partial charge in [0, 0.05) is 30.0 Å². The summed E-state index contributed by atoms with van der Waals surface area (Å²) in [4.78, 5) is 3.93. The highest BCUT2D eigenvalue weighted by molar-refractivity contribution is 7.08. The number of anilines is 1. The lowest BCUT2D eigenvalue weighted by Gasteiger charge is -2.04. The molecule has 2 aromatic rings. The van der Waals surface area contributed by atoms with Gasteiger partial charge in [-0.3, -0.25) is 4.98 Å². The van der Waals surface area contributed by atoms with Crippen molar-refractivity contribution in [3.05, 3.63) is 45.9 Å². The lowest BCUT2D eigenvalue weighted by atomic mass is 10.2. The molecule has 1 N–H and O–H groups in total. The van der Waals surface area contributed by atoms with Gasteiger partial charge in [-0.25, -0.2) is 0 Å². The minimum Gasteiger partial charge on any atom is -0.380 e. The summed E-state index contributed by atoms with van der Waals surface area (Å²) in [6.07, 6.45) is 3.41. The molecular formula is C10H9ClN2S. The normalized spacial score (nSPS) is 10.1. The summed E-state index contributed by atoms with van der Waals surface area (Å²) in [6, 6.07) is 3.96. The molecule has 72 valence electrons. The fourth-order valence-electron chi connectivity index (χ4n) is 1.11. The largest absolute Gasteiger partial charge is 0.380 e. The van der Waals surface area contributed by atoms with Gasteiger partial charge in [0.25, 0.3) is 0 Å². The number of halogens is 1. The summed E-state index contributed by atoms with van der Waals surface area (Å²) in [5, 5.41) is 8.09. The van der Waals surface area contributed by atoms with Crippen LogP contribution in [0.4, 0.5) is 5.69 Å². The molecular weight excluding hydrogens is 216 g/mol. The van der Waals surface area contributed by atoms with Gasteiger partial charge >= 0.3 is 0 Å². The Hall–Kier alpha value is -1.06. The predicted molar refractivity (Wildman–Crippen MR) is 60.9 cm³/mol. The van der Waals surface area contributed by atoms with E-state index in [9.17, 15) is 0 Å². The first kappa shape index (κ1) is 9.49. The Morgan fingerprint density at radius 1 is 1.43 bits per heavy atom. The van der Waals surface area contributed by atoms with E-state index in [1.54, 1.807) is 23.7 Å². The van der Waals surface area contributed by atoms with Gasteiger partial charge in [-0.15, -0.1) is 0 Å². The Bertz CT molecular complexity index is 400. The van der Waals surface area contributed by atoms with Crippen LogP contribution in [0.1, 0.15) is 5.56 Å². The van der Waals surface area contributed by atoms with Gasteiger partial charge in [0.2, 0.25) is 0 Å². The Morgan fingerprint density at radius 2 is 2.36 bits per heavy atom. The van der Waals surface area contributed by atoms with Crippen molar-refractivity contribution in [2.45, 2.75) is 6.54 Å². The van der Waals surface area contributed by atoms with Crippen molar-refractivity contribution in [3.8, 4) is 0 Å². The molecule has 0 saturated heterocycles. The summed E-state index contributed by atoms with van der Waals surface area (Å²) >= 11 is 7.64. The van der Waals surface area contributed by atoms with Crippen LogP contribution in [0.15, 0.2) is 35.3 Å². The summed E-state index contributed by atoms with van der Waals surface area (Å²) in [5.41, 5.74) is 2.19. The summed E-state index contributed by atoms with van der Waals surface area (Å²) in [7, 11) is 0. The molecule has 4 heteroatoms. The first-order valence-electron chi connectivity index (χ1n) is 4.21. The molecule has 0 unspecified atom stereocenters. The van der Waals surface area contributed by atoms with Crippen LogP contribution in [0.5, 0.6) is 0 Å². The van der Waals surface area contributed by atoms with Gasteiger partial charge < -0.3 is 5.32 Å². The SMILES string of the molecule is Clc1cnccc1CNc1ccsc1. The van der Waals surface area contributed by atoms with Crippen LogP contribution in [0.25, 0.3) is 0 Å². The molecule has 0 aliphatic rings. The molecule has 0 amide bonds. The van der Waals surface area contributed by atoms with Crippen LogP contribution in [0.2, 0.25) is 5.02 Å². The van der Waals surface area contributed by atoms with Gasteiger partial charge in [0.15, 0.2) is 0 Å². The highest BCUT2D eigenvalue weighted by Crippen LogP contribution is 2.17. The second-order valence-electron chi connectivity index (χ2n) is 2.83. The summed E-state index contributed by atoms with van der Waals surface area (Å²) < 4.78 is 0. The van der Waals surface area contributed by atoms with Crippen LogP contribution >= 0.6 is 22.9 Å². The molecule has 14 heavy (non-hydrogen) atoms. The topological polar surface area (TPSA) is 24.9 Å². The first-order chi connectivity index (χ1) is 6.86. The molecule has 2 nitrogen and oxygen atoms in total. The van der Waals surface area contributed by atoms with Gasteiger partial charge in [-0.05, 0) is 23.1 Å². The van der Waals surface area contributed by atoms with Crippen molar-refractivity contribution in [2.75, 3.05) is 5.32 Å². The monoisotopic (exact) mass is 224 g/mol. The molecule has 0 saturated carbocycles. The van der Waals surface area contributed by atoms with Crippen molar-refractivity contribution >= 4 is 28.6 Å². The summed E-state index contributed by atoms with van der Waals surface area (Å²) in [5.74, 6) is 0. The quantitative estimate of drug-likeness (QED) is 0.865. The number of hydrogen-bond donors (Lipinski definition) is 1. The smallest absolute Gasteiger partial charge is 0.0639 e. The molecule has 0 bridgehead atoms. The van der Waals surface area contributed by atoms with Crippen molar-refractivity contribution in [1.29, 1.82) is 0 Å². The fourth-order valence-corrected chi connectivity index (χ4v) is 1.91. The van der Waals surface area contributed by atoms with E-state index < -0.39 is 0 Å². The van der Waals surface area contributed by atoms with E-state index in [-0.39, 0.29) is 0 Å². The number of thiophene rings is 1. The molecule has 2 rings (SSSR count). The highest BCUT2D eigenvalue weighted by atomic mass is 35.5. The average molecular weight is 225 g/mol. The predicted octanol–water partition coefficient (Wildman–Crippen LogP) is 3.41. The Kier molecular flexibility index (Phi) is 3.01. The van der Waals surface area contributed by atoms with Gasteiger partial charge in [-0.1, -0.05) is 11.6 Å². The van der Waals surface area contributed by atoms with Crippen LogP contribution < -0.4 is 5.32 Å². The molecule has 0 atom stereocenters. The third-order valence-corrected chi connectivity index (χ3v) is 2.88. The molecule has 0 radical (unpaired) electrons. The number of aromatic nitrogens is 1. The molecule has 0 aromatic carbocycles. The van der Waals surface area contributed by atoms with Gasteiger partial charge in [0.1, 0.15) is 0 Å². The molecule has 2 aromatic heterocycles. The Morgan fingerprint density at radius 3 is 3.07 bits per heavy atom. The minimum absolute atomic E-state index is 0.704. The van der Waals surface area contributed by atoms with Crippen LogP contribution in [-0.2, 0) is 6.54 Å². The van der Waals surface area contributed by atoms with Crippen LogP contribution in [-0.4, -0.2) is 4.98 Å². The second kappa shape index (κ2) is 4.44. The maximum atomic E-state index is 5.96. The van der Waals surface area contributed by atoms with Crippen LogP contribution in [0.3, 0.4) is 0 Å². The van der Waals surface area contributed by atoms with E-state index in [0.717, 1.165) is 17.8 Å². The van der Waals surface area contributed by atoms with E-state index in [4.69, 9.17) is 11.6 Å². The van der Waals surface area contributed by atoms with Gasteiger partial charge in [0.05, 0.1) is 5.02 Å². The van der Waals surface area contributed by atoms with E-state index in [1.807, 2.05) is 17.5 Å². The van der Waals surface area contributed by atoms with Crippen molar-refractivity contribution < 1.29 is 0 Å². The highest BCUT2D eigenvalue weighted by Gasteiger charge is 1.98. The van der Waals surface area contributed by atoms with Crippen LogP contribution in [0, 0.1) is 0 Å². The number of rotatable bonds is 3. The molecule has 0 spiro atoms. The molecule has 0 aliphatic heterocycles. The zero-order valence-electron chi connectivity index (χ0n) is 7.40. The zero-order chi connectivity index (χ0) is 9.80. The molecule has 0 aliphatic carbocycles. The van der Waals surface area contributed by atoms with E-state index in [0.29, 0.717) is 5.02 Å². The second-order valence-corrected chi connectivity index (χ2v) is 4.02. The third-order valence-electron chi connectivity index (χ3n) is 1.86. The summed E-state index contributed by atoms with van der Waals surface area (Å²) in [6.45, 7) is 0.734. The average Bonchev–Trinajstić information content (AvgIpc) is 2.69. The number of pyridine rings is 1. The number of nitrogens with zero attached hydrogens (tertiary/aromatic N) is 1. The Balaban J connectivity index is 2.02. The van der Waals surface area contributed by atoms with E-state index in [2.05, 4.69) is 15.7 Å². The Labute approximate surface area is 91.6 Å². The third kappa shape index (κ3) is 2.25. The molecule has 2 heterocycles. The number of hydrogen-bond acceptors (Lipinski definition) is 3. The van der Waals surface area contributed by atoms with Crippen molar-refractivity contribution in [2.24, 2.45) is 0 Å².